The number of carbonyl (C=O) groups is 1. The molecule has 0 aliphatic heterocycles. The molecular weight excluding hydrogens is 362 g/mol. The second kappa shape index (κ2) is 8.90. The Morgan fingerprint density at radius 1 is 1.00 bits per heavy atom. The molecule has 0 atom stereocenters. The lowest BCUT2D eigenvalue weighted by atomic mass is 10.2. The number of hydrogen-bond acceptors (Lipinski definition) is 4. The number of anilines is 3. The van der Waals surface area contributed by atoms with E-state index in [4.69, 9.17) is 0 Å². The van der Waals surface area contributed by atoms with Crippen LogP contribution in [0.15, 0.2) is 48.5 Å². The van der Waals surface area contributed by atoms with Crippen LogP contribution in [0.4, 0.5) is 17.1 Å². The molecule has 0 saturated heterocycles. The van der Waals surface area contributed by atoms with Gasteiger partial charge in [0.1, 0.15) is 6.54 Å². The Morgan fingerprint density at radius 3 is 2.15 bits per heavy atom. The zero-order valence-corrected chi connectivity index (χ0v) is 17.1. The van der Waals surface area contributed by atoms with E-state index in [0.29, 0.717) is 11.4 Å². The predicted molar refractivity (Wildman–Crippen MR) is 112 cm³/mol. The van der Waals surface area contributed by atoms with E-state index in [2.05, 4.69) is 24.1 Å². The van der Waals surface area contributed by atoms with E-state index in [9.17, 15) is 13.2 Å². The first kappa shape index (κ1) is 20.8. The van der Waals surface area contributed by atoms with E-state index in [1.165, 1.54) is 0 Å². The third-order valence-corrected chi connectivity index (χ3v) is 5.40. The number of amides is 1. The van der Waals surface area contributed by atoms with E-state index in [1.54, 1.807) is 18.2 Å². The molecule has 2 aromatic rings. The van der Waals surface area contributed by atoms with E-state index in [0.717, 1.165) is 34.9 Å². The normalized spacial score (nSPS) is 11.1. The van der Waals surface area contributed by atoms with Crippen molar-refractivity contribution in [1.82, 2.24) is 0 Å². The van der Waals surface area contributed by atoms with Gasteiger partial charge in [0.05, 0.1) is 11.9 Å². The molecular formula is C20H27N3O3S. The molecule has 1 N–H and O–H groups in total. The van der Waals surface area contributed by atoms with Crippen molar-refractivity contribution in [2.75, 3.05) is 40.4 Å². The highest BCUT2D eigenvalue weighted by Gasteiger charge is 2.21. The number of nitrogens with zero attached hydrogens (tertiary/aromatic N) is 2. The van der Waals surface area contributed by atoms with Crippen molar-refractivity contribution >= 4 is 33.0 Å². The minimum atomic E-state index is -3.58. The van der Waals surface area contributed by atoms with Gasteiger partial charge in [-0.1, -0.05) is 12.1 Å². The SMILES string of the molecule is CCN(CC)c1ccc(NC(=O)CN(c2cccc(C)c2)S(C)(=O)=O)cc1. The second-order valence-corrected chi connectivity index (χ2v) is 8.28. The van der Waals surface area contributed by atoms with Crippen LogP contribution in [0.2, 0.25) is 0 Å². The minimum Gasteiger partial charge on any atom is -0.372 e. The van der Waals surface area contributed by atoms with E-state index < -0.39 is 15.9 Å². The molecule has 0 heterocycles. The summed E-state index contributed by atoms with van der Waals surface area (Å²) in [6.45, 7) is 7.58. The van der Waals surface area contributed by atoms with Gasteiger partial charge < -0.3 is 10.2 Å². The lowest BCUT2D eigenvalue weighted by Gasteiger charge is -2.23. The van der Waals surface area contributed by atoms with Gasteiger partial charge in [0.25, 0.3) is 0 Å². The molecule has 0 fully saturated rings. The molecule has 0 unspecified atom stereocenters. The second-order valence-electron chi connectivity index (χ2n) is 6.38. The standard InChI is InChI=1S/C20H27N3O3S/c1-5-22(6-2)18-12-10-17(11-13-18)21-20(24)15-23(27(4,25)26)19-9-7-8-16(3)14-19/h7-14H,5-6,15H2,1-4H3,(H,21,24). The van der Waals surface area contributed by atoms with Gasteiger partial charge in [-0.15, -0.1) is 0 Å². The number of hydrogen-bond donors (Lipinski definition) is 1. The third-order valence-electron chi connectivity index (χ3n) is 4.26. The average molecular weight is 390 g/mol. The summed E-state index contributed by atoms with van der Waals surface area (Å²) in [6.07, 6.45) is 1.10. The summed E-state index contributed by atoms with van der Waals surface area (Å²) in [5.74, 6) is -0.391. The molecule has 1 amide bonds. The number of aryl methyl sites for hydroxylation is 1. The first-order valence-electron chi connectivity index (χ1n) is 8.93. The maximum absolute atomic E-state index is 12.4. The summed E-state index contributed by atoms with van der Waals surface area (Å²) in [7, 11) is -3.58. The molecule has 0 aliphatic rings. The lowest BCUT2D eigenvalue weighted by molar-refractivity contribution is -0.114. The fraction of sp³-hybridized carbons (Fsp3) is 0.350. The van der Waals surface area contributed by atoms with Crippen LogP contribution in [0.25, 0.3) is 0 Å². The summed E-state index contributed by atoms with van der Waals surface area (Å²) in [4.78, 5) is 14.6. The van der Waals surface area contributed by atoms with Crippen molar-refractivity contribution in [3.8, 4) is 0 Å². The predicted octanol–water partition coefficient (Wildman–Crippen LogP) is 3.25. The van der Waals surface area contributed by atoms with Crippen molar-refractivity contribution < 1.29 is 13.2 Å². The Labute approximate surface area is 161 Å². The first-order chi connectivity index (χ1) is 12.7. The fourth-order valence-corrected chi connectivity index (χ4v) is 3.71. The van der Waals surface area contributed by atoms with Crippen LogP contribution in [0.3, 0.4) is 0 Å². The van der Waals surface area contributed by atoms with E-state index in [1.807, 2.05) is 37.3 Å². The quantitative estimate of drug-likeness (QED) is 0.752. The molecule has 0 saturated carbocycles. The molecule has 2 aromatic carbocycles. The van der Waals surface area contributed by atoms with Crippen LogP contribution < -0.4 is 14.5 Å². The lowest BCUT2D eigenvalue weighted by Crippen LogP contribution is -2.37. The molecule has 0 spiro atoms. The highest BCUT2D eigenvalue weighted by molar-refractivity contribution is 7.92. The highest BCUT2D eigenvalue weighted by Crippen LogP contribution is 2.20. The highest BCUT2D eigenvalue weighted by atomic mass is 32.2. The molecule has 0 bridgehead atoms. The maximum atomic E-state index is 12.4. The third kappa shape index (κ3) is 5.72. The maximum Gasteiger partial charge on any atom is 0.245 e. The fourth-order valence-electron chi connectivity index (χ4n) is 2.86. The van der Waals surface area contributed by atoms with Gasteiger partial charge in [0, 0.05) is 24.5 Å². The first-order valence-corrected chi connectivity index (χ1v) is 10.8. The molecule has 6 nitrogen and oxygen atoms in total. The molecule has 0 aromatic heterocycles. The topological polar surface area (TPSA) is 69.7 Å². The molecule has 0 radical (unpaired) electrons. The summed E-state index contributed by atoms with van der Waals surface area (Å²) >= 11 is 0. The van der Waals surface area contributed by atoms with E-state index in [-0.39, 0.29) is 6.54 Å². The van der Waals surface area contributed by atoms with Gasteiger partial charge in [-0.25, -0.2) is 8.42 Å². The van der Waals surface area contributed by atoms with Crippen molar-refractivity contribution in [3.63, 3.8) is 0 Å². The molecule has 146 valence electrons. The van der Waals surface area contributed by atoms with Crippen LogP contribution in [0, 0.1) is 6.92 Å². The summed E-state index contributed by atoms with van der Waals surface area (Å²) < 4.78 is 25.4. The molecule has 7 heteroatoms. The van der Waals surface area contributed by atoms with Crippen molar-refractivity contribution in [2.24, 2.45) is 0 Å². The van der Waals surface area contributed by atoms with Crippen LogP contribution in [-0.4, -0.2) is 40.2 Å². The summed E-state index contributed by atoms with van der Waals surface area (Å²) in [5, 5.41) is 2.77. The Hall–Kier alpha value is -2.54. The van der Waals surface area contributed by atoms with Crippen LogP contribution in [0.1, 0.15) is 19.4 Å². The van der Waals surface area contributed by atoms with Crippen molar-refractivity contribution in [3.05, 3.63) is 54.1 Å². The monoisotopic (exact) mass is 389 g/mol. The number of benzene rings is 2. The van der Waals surface area contributed by atoms with Crippen molar-refractivity contribution in [1.29, 1.82) is 0 Å². The minimum absolute atomic E-state index is 0.278. The molecule has 2 rings (SSSR count). The Kier molecular flexibility index (Phi) is 6.85. The largest absolute Gasteiger partial charge is 0.372 e. The van der Waals surface area contributed by atoms with Crippen LogP contribution in [-0.2, 0) is 14.8 Å². The van der Waals surface area contributed by atoms with Gasteiger partial charge in [0.15, 0.2) is 0 Å². The number of rotatable bonds is 8. The Morgan fingerprint density at radius 2 is 1.63 bits per heavy atom. The van der Waals surface area contributed by atoms with Gasteiger partial charge >= 0.3 is 0 Å². The zero-order chi connectivity index (χ0) is 20.0. The van der Waals surface area contributed by atoms with Crippen LogP contribution in [0.5, 0.6) is 0 Å². The molecule has 27 heavy (non-hydrogen) atoms. The summed E-state index contributed by atoms with van der Waals surface area (Å²) in [5.41, 5.74) is 3.11. The smallest absolute Gasteiger partial charge is 0.245 e. The van der Waals surface area contributed by atoms with Gasteiger partial charge in [0.2, 0.25) is 15.9 Å². The van der Waals surface area contributed by atoms with Gasteiger partial charge in [-0.3, -0.25) is 9.10 Å². The number of carbonyl (C=O) groups excluding carboxylic acids is 1. The number of sulfonamides is 1. The van der Waals surface area contributed by atoms with Crippen molar-refractivity contribution in [2.45, 2.75) is 20.8 Å². The average Bonchev–Trinajstić information content (AvgIpc) is 2.61. The van der Waals surface area contributed by atoms with E-state index >= 15 is 0 Å². The Bertz CT molecular complexity index is 876. The number of nitrogens with one attached hydrogen (secondary N) is 1. The molecule has 0 aliphatic carbocycles. The zero-order valence-electron chi connectivity index (χ0n) is 16.3. The van der Waals surface area contributed by atoms with Gasteiger partial charge in [-0.05, 0) is 62.7 Å². The van der Waals surface area contributed by atoms with Gasteiger partial charge in [-0.2, -0.15) is 0 Å². The summed E-state index contributed by atoms with van der Waals surface area (Å²) in [6, 6.07) is 14.6. The Balaban J connectivity index is 2.12. The van der Waals surface area contributed by atoms with Crippen LogP contribution >= 0.6 is 0 Å².